The van der Waals surface area contributed by atoms with Crippen LogP contribution in [0.25, 0.3) is 0 Å². The van der Waals surface area contributed by atoms with Crippen molar-refractivity contribution in [2.75, 3.05) is 20.2 Å². The van der Waals surface area contributed by atoms with Crippen LogP contribution in [-0.2, 0) is 0 Å². The van der Waals surface area contributed by atoms with E-state index in [1.165, 1.54) is 37.2 Å². The van der Waals surface area contributed by atoms with Gasteiger partial charge in [-0.15, -0.1) is 0 Å². The maximum atomic E-state index is 5.32. The number of quaternary nitrogens is 1. The van der Waals surface area contributed by atoms with Crippen molar-refractivity contribution in [1.29, 1.82) is 0 Å². The second-order valence-electron chi connectivity index (χ2n) is 5.95. The Morgan fingerprint density at radius 1 is 1.35 bits per heavy atom. The van der Waals surface area contributed by atoms with Gasteiger partial charge in [-0.1, -0.05) is 6.07 Å². The minimum atomic E-state index is 0.310. The summed E-state index contributed by atoms with van der Waals surface area (Å²) in [6, 6.07) is 7.19. The molecule has 1 aromatic rings. The van der Waals surface area contributed by atoms with Crippen molar-refractivity contribution in [3.8, 4) is 5.75 Å². The first-order valence-corrected chi connectivity index (χ1v) is 8.08. The smallest absolute Gasteiger partial charge is 0.155 e. The molecule has 0 amide bonds. The van der Waals surface area contributed by atoms with Crippen molar-refractivity contribution in [2.45, 2.75) is 24.9 Å². The number of hydrazone groups is 1. The van der Waals surface area contributed by atoms with Crippen LogP contribution in [0.1, 0.15) is 24.4 Å². The molecule has 4 aliphatic heterocycles. The van der Waals surface area contributed by atoms with E-state index in [-0.39, 0.29) is 0 Å². The highest BCUT2D eigenvalue weighted by atomic mass is 79.9. The van der Waals surface area contributed by atoms with Gasteiger partial charge in [-0.2, -0.15) is 5.10 Å². The summed E-state index contributed by atoms with van der Waals surface area (Å²) in [6.07, 6.45) is 2.62. The zero-order valence-corrected chi connectivity index (χ0v) is 13.1. The number of rotatable bonds is 2. The molecule has 1 aromatic carbocycles. The second-order valence-corrected chi connectivity index (χ2v) is 6.80. The van der Waals surface area contributed by atoms with E-state index in [1.807, 2.05) is 6.07 Å². The van der Waals surface area contributed by atoms with Crippen molar-refractivity contribution in [3.63, 3.8) is 0 Å². The van der Waals surface area contributed by atoms with E-state index in [1.54, 1.807) is 12.0 Å². The molecule has 0 spiro atoms. The molecule has 5 heteroatoms. The Morgan fingerprint density at radius 3 is 2.85 bits per heavy atom. The third-order valence-electron chi connectivity index (χ3n) is 5.01. The van der Waals surface area contributed by atoms with Gasteiger partial charge in [0.05, 0.1) is 24.7 Å². The lowest BCUT2D eigenvalue weighted by atomic mass is 9.78. The van der Waals surface area contributed by atoms with Crippen molar-refractivity contribution in [2.24, 2.45) is 11.0 Å². The Bertz CT molecular complexity index is 566. The second kappa shape index (κ2) is 4.74. The number of benzene rings is 1. The zero-order chi connectivity index (χ0) is 13.7. The van der Waals surface area contributed by atoms with E-state index in [9.17, 15) is 0 Å². The van der Waals surface area contributed by atoms with Crippen molar-refractivity contribution < 1.29 is 9.64 Å². The summed E-state index contributed by atoms with van der Waals surface area (Å²) in [7, 11) is 1.70. The van der Waals surface area contributed by atoms with Crippen molar-refractivity contribution >= 4 is 21.6 Å². The highest BCUT2D eigenvalue weighted by Gasteiger charge is 2.50. The minimum absolute atomic E-state index is 0.310. The summed E-state index contributed by atoms with van der Waals surface area (Å²) in [6.45, 7) is 2.59. The summed E-state index contributed by atoms with van der Waals surface area (Å²) < 4.78 is 6.33. The van der Waals surface area contributed by atoms with E-state index < -0.39 is 0 Å². The number of hydrogen-bond acceptors (Lipinski definition) is 3. The summed E-state index contributed by atoms with van der Waals surface area (Å²) in [5, 5.41) is 4.67. The number of nitrogens with zero attached hydrogens (tertiary/aromatic N) is 1. The van der Waals surface area contributed by atoms with Gasteiger partial charge in [-0.3, -0.25) is 5.43 Å². The molecule has 0 radical (unpaired) electrons. The molecule has 0 aromatic heterocycles. The van der Waals surface area contributed by atoms with Gasteiger partial charge in [0.15, 0.2) is 6.04 Å². The first-order chi connectivity index (χ1) is 9.78. The van der Waals surface area contributed by atoms with Crippen LogP contribution < -0.4 is 15.1 Å². The summed E-state index contributed by atoms with van der Waals surface area (Å²) in [4.78, 5) is 1.70. The number of nitrogens with one attached hydrogen (secondary N) is 2. The normalized spacial score (nSPS) is 34.4. The molecule has 2 N–H and O–H groups in total. The zero-order valence-electron chi connectivity index (χ0n) is 11.5. The van der Waals surface area contributed by atoms with Crippen molar-refractivity contribution in [3.05, 3.63) is 28.2 Å². The molecular weight excluding hydrogens is 318 g/mol. The molecule has 4 aliphatic rings. The number of methoxy groups -OCH3 is 1. The molecule has 0 unspecified atom stereocenters. The van der Waals surface area contributed by atoms with E-state index in [0.29, 0.717) is 12.1 Å². The van der Waals surface area contributed by atoms with Gasteiger partial charge >= 0.3 is 0 Å². The van der Waals surface area contributed by atoms with Gasteiger partial charge < -0.3 is 9.64 Å². The number of fused-ring (bicyclic) bond motifs is 2. The Hall–Kier alpha value is -1.07. The average Bonchev–Trinajstić information content (AvgIpc) is 2.95. The lowest BCUT2D eigenvalue weighted by molar-refractivity contribution is -0.927. The standard InChI is InChI=1S/C15H18BrN3O/c1-20-12-3-2-10(8-11(12)16)14-15-13(17-18-14)9-4-6-19(15)7-5-9/h2-3,8-9,14-15,18H,4-7H2,1H3/p+1/t14-,15-/m0/s1. The van der Waals surface area contributed by atoms with Crippen LogP contribution >= 0.6 is 15.9 Å². The third-order valence-corrected chi connectivity index (χ3v) is 5.63. The minimum Gasteiger partial charge on any atom is -0.496 e. The average molecular weight is 337 g/mol. The van der Waals surface area contributed by atoms with Gasteiger partial charge in [-0.05, 0) is 33.6 Å². The van der Waals surface area contributed by atoms with Gasteiger partial charge in [0.1, 0.15) is 17.5 Å². The monoisotopic (exact) mass is 336 g/mol. The van der Waals surface area contributed by atoms with E-state index in [2.05, 4.69) is 38.6 Å². The SMILES string of the molecule is COc1ccc([C@@H]2NN=C3C4CC[NH+](CC4)[C@@H]32)cc1Br. The largest absolute Gasteiger partial charge is 0.496 e. The lowest BCUT2D eigenvalue weighted by Crippen LogP contribution is -3.20. The molecule has 0 aliphatic carbocycles. The molecule has 2 bridgehead atoms. The van der Waals surface area contributed by atoms with E-state index >= 15 is 0 Å². The fourth-order valence-electron chi connectivity index (χ4n) is 3.99. The molecular formula is C15H19BrN3O+. The summed E-state index contributed by atoms with van der Waals surface area (Å²) in [5.74, 6) is 1.60. The quantitative estimate of drug-likeness (QED) is 0.849. The Kier molecular flexibility index (Phi) is 3.00. The maximum absolute atomic E-state index is 5.32. The van der Waals surface area contributed by atoms with Crippen LogP contribution in [-0.4, -0.2) is 32.0 Å². The first-order valence-electron chi connectivity index (χ1n) is 7.29. The molecule has 5 rings (SSSR count). The van der Waals surface area contributed by atoms with Crippen LogP contribution in [0.3, 0.4) is 0 Å². The fraction of sp³-hybridized carbons (Fsp3) is 0.533. The molecule has 4 heterocycles. The predicted molar refractivity (Wildman–Crippen MR) is 81.2 cm³/mol. The first kappa shape index (κ1) is 12.7. The third kappa shape index (κ3) is 1.79. The van der Waals surface area contributed by atoms with Gasteiger partial charge in [-0.25, -0.2) is 0 Å². The predicted octanol–water partition coefficient (Wildman–Crippen LogP) is 1.14. The Labute approximate surface area is 127 Å². The van der Waals surface area contributed by atoms with Crippen LogP contribution in [0.4, 0.5) is 0 Å². The molecule has 106 valence electrons. The maximum Gasteiger partial charge on any atom is 0.155 e. The fourth-order valence-corrected chi connectivity index (χ4v) is 4.55. The molecule has 0 saturated carbocycles. The summed E-state index contributed by atoms with van der Waals surface area (Å²) >= 11 is 3.59. The molecule has 4 nitrogen and oxygen atoms in total. The van der Waals surface area contributed by atoms with Crippen LogP contribution in [0.15, 0.2) is 27.8 Å². The molecule has 20 heavy (non-hydrogen) atoms. The summed E-state index contributed by atoms with van der Waals surface area (Å²) in [5.41, 5.74) is 6.09. The number of ether oxygens (including phenoxy) is 1. The van der Waals surface area contributed by atoms with Crippen LogP contribution in [0.5, 0.6) is 5.75 Å². The van der Waals surface area contributed by atoms with Gasteiger partial charge in [0, 0.05) is 18.8 Å². The van der Waals surface area contributed by atoms with E-state index in [0.717, 1.165) is 16.1 Å². The number of hydrogen-bond donors (Lipinski definition) is 2. The Balaban J connectivity index is 1.66. The number of halogens is 1. The molecule has 3 saturated heterocycles. The van der Waals surface area contributed by atoms with E-state index in [4.69, 9.17) is 4.74 Å². The number of piperidine rings is 3. The molecule has 2 atom stereocenters. The van der Waals surface area contributed by atoms with Crippen LogP contribution in [0, 0.1) is 5.92 Å². The molecule has 3 fully saturated rings. The van der Waals surface area contributed by atoms with Gasteiger partial charge in [0.25, 0.3) is 0 Å². The van der Waals surface area contributed by atoms with Crippen molar-refractivity contribution in [1.82, 2.24) is 5.43 Å². The van der Waals surface area contributed by atoms with Gasteiger partial charge in [0.2, 0.25) is 0 Å². The topological polar surface area (TPSA) is 38.1 Å². The highest BCUT2D eigenvalue weighted by molar-refractivity contribution is 9.10. The highest BCUT2D eigenvalue weighted by Crippen LogP contribution is 2.33. The van der Waals surface area contributed by atoms with Crippen LogP contribution in [0.2, 0.25) is 0 Å². The lowest BCUT2D eigenvalue weighted by Gasteiger charge is -2.42. The Morgan fingerprint density at radius 2 is 2.15 bits per heavy atom.